The molecule has 1 aliphatic heterocycles. The van der Waals surface area contributed by atoms with Gasteiger partial charge in [-0.25, -0.2) is 4.79 Å². The van der Waals surface area contributed by atoms with Gasteiger partial charge in [0.2, 0.25) is 5.91 Å². The van der Waals surface area contributed by atoms with Crippen LogP contribution in [0.15, 0.2) is 66.7 Å². The van der Waals surface area contributed by atoms with Gasteiger partial charge in [-0.05, 0) is 60.0 Å². The Bertz CT molecular complexity index is 1180. The molecule has 0 saturated carbocycles. The van der Waals surface area contributed by atoms with Crippen LogP contribution in [-0.2, 0) is 17.8 Å². The Morgan fingerprint density at radius 3 is 2.47 bits per heavy atom. The van der Waals surface area contributed by atoms with Gasteiger partial charge in [0.1, 0.15) is 5.75 Å². The molecular weight excluding hydrogens is 473 g/mol. The molecule has 3 aromatic rings. The zero-order valence-corrected chi connectivity index (χ0v) is 20.3. The van der Waals surface area contributed by atoms with Crippen LogP contribution >= 0.6 is 23.2 Å². The number of nitrogens with one attached hydrogen (secondary N) is 1. The summed E-state index contributed by atoms with van der Waals surface area (Å²) in [5.74, 6) is 0.616. The van der Waals surface area contributed by atoms with Crippen molar-refractivity contribution in [1.29, 1.82) is 0 Å². The largest absolute Gasteiger partial charge is 0.497 e. The second-order valence-corrected chi connectivity index (χ2v) is 8.90. The third kappa shape index (κ3) is 5.82. The molecule has 0 unspecified atom stereocenters. The topological polar surface area (TPSA) is 61.9 Å². The molecule has 176 valence electrons. The molecular formula is C26H25Cl2N3O3. The fourth-order valence-corrected chi connectivity index (χ4v) is 4.23. The van der Waals surface area contributed by atoms with Gasteiger partial charge in [-0.1, -0.05) is 47.5 Å². The fraction of sp³-hybridized carbons (Fsp3) is 0.231. The van der Waals surface area contributed by atoms with Crippen LogP contribution < -0.4 is 15.0 Å². The molecule has 1 heterocycles. The smallest absolute Gasteiger partial charge is 0.324 e. The summed E-state index contributed by atoms with van der Waals surface area (Å²) in [7, 11) is 1.61. The van der Waals surface area contributed by atoms with Gasteiger partial charge in [0.05, 0.1) is 23.6 Å². The van der Waals surface area contributed by atoms with Gasteiger partial charge in [0.25, 0.3) is 0 Å². The Balaban J connectivity index is 1.41. The molecule has 0 bridgehead atoms. The van der Waals surface area contributed by atoms with Gasteiger partial charge < -0.3 is 15.0 Å². The highest BCUT2D eigenvalue weighted by Gasteiger charge is 2.27. The van der Waals surface area contributed by atoms with E-state index in [0.717, 1.165) is 29.0 Å². The van der Waals surface area contributed by atoms with E-state index in [4.69, 9.17) is 27.9 Å². The van der Waals surface area contributed by atoms with Crippen molar-refractivity contribution in [2.75, 3.05) is 30.4 Å². The summed E-state index contributed by atoms with van der Waals surface area (Å²) in [4.78, 5) is 29.3. The van der Waals surface area contributed by atoms with Crippen LogP contribution in [0.2, 0.25) is 10.0 Å². The van der Waals surface area contributed by atoms with E-state index in [1.807, 2.05) is 54.6 Å². The number of anilines is 2. The first kappa shape index (κ1) is 23.9. The van der Waals surface area contributed by atoms with Crippen molar-refractivity contribution in [3.05, 3.63) is 87.9 Å². The molecule has 0 radical (unpaired) electrons. The number of halogens is 2. The lowest BCUT2D eigenvalue weighted by atomic mass is 10.1. The normalized spacial score (nSPS) is 13.7. The molecule has 0 spiro atoms. The molecule has 3 aromatic carbocycles. The Labute approximate surface area is 209 Å². The number of carbonyl (C=O) groups is 2. The minimum absolute atomic E-state index is 0.0842. The molecule has 1 fully saturated rings. The van der Waals surface area contributed by atoms with Crippen LogP contribution in [0.3, 0.4) is 0 Å². The summed E-state index contributed by atoms with van der Waals surface area (Å²) in [5, 5.41) is 3.89. The minimum Gasteiger partial charge on any atom is -0.497 e. The van der Waals surface area contributed by atoms with E-state index < -0.39 is 0 Å². The molecule has 0 atom stereocenters. The Morgan fingerprint density at radius 1 is 0.971 bits per heavy atom. The highest BCUT2D eigenvalue weighted by Crippen LogP contribution is 2.27. The van der Waals surface area contributed by atoms with Gasteiger partial charge in [0, 0.05) is 31.0 Å². The number of rotatable bonds is 7. The highest BCUT2D eigenvalue weighted by molar-refractivity contribution is 6.42. The van der Waals surface area contributed by atoms with Gasteiger partial charge in [-0.3, -0.25) is 9.69 Å². The number of urea groups is 1. The monoisotopic (exact) mass is 497 g/mol. The third-order valence-corrected chi connectivity index (χ3v) is 6.37. The molecule has 0 aliphatic carbocycles. The summed E-state index contributed by atoms with van der Waals surface area (Å²) in [6.45, 7) is 1.72. The average molecular weight is 498 g/mol. The van der Waals surface area contributed by atoms with E-state index in [1.165, 1.54) is 0 Å². The number of amides is 3. The standard InChI is InChI=1S/C26H25Cl2N3O3/c1-34-22-9-6-18(7-10-22)15-25(32)29-20-4-2-5-21(16-20)31-13-3-12-30(26(31)33)17-19-8-11-23(27)24(28)14-19/h2,4-11,14,16H,3,12-13,15,17H2,1H3,(H,29,32). The average Bonchev–Trinajstić information content (AvgIpc) is 2.83. The number of methoxy groups -OCH3 is 1. The summed E-state index contributed by atoms with van der Waals surface area (Å²) in [5.41, 5.74) is 3.19. The van der Waals surface area contributed by atoms with Crippen molar-refractivity contribution >= 4 is 46.5 Å². The zero-order chi connectivity index (χ0) is 24.1. The summed E-state index contributed by atoms with van der Waals surface area (Å²) < 4.78 is 5.15. The van der Waals surface area contributed by atoms with Crippen LogP contribution in [-0.4, -0.2) is 37.0 Å². The highest BCUT2D eigenvalue weighted by atomic mass is 35.5. The molecule has 1 N–H and O–H groups in total. The van der Waals surface area contributed by atoms with E-state index in [1.54, 1.807) is 29.0 Å². The molecule has 0 aromatic heterocycles. The second-order valence-electron chi connectivity index (χ2n) is 8.08. The van der Waals surface area contributed by atoms with Crippen LogP contribution in [0.5, 0.6) is 5.75 Å². The minimum atomic E-state index is -0.131. The lowest BCUT2D eigenvalue weighted by molar-refractivity contribution is -0.115. The van der Waals surface area contributed by atoms with Crippen molar-refractivity contribution in [2.45, 2.75) is 19.4 Å². The molecule has 6 nitrogen and oxygen atoms in total. The Kier molecular flexibility index (Phi) is 7.60. The first-order chi connectivity index (χ1) is 16.4. The van der Waals surface area contributed by atoms with Crippen molar-refractivity contribution in [3.63, 3.8) is 0 Å². The van der Waals surface area contributed by atoms with Crippen molar-refractivity contribution in [1.82, 2.24) is 4.90 Å². The molecule has 8 heteroatoms. The van der Waals surface area contributed by atoms with E-state index in [2.05, 4.69) is 5.32 Å². The lowest BCUT2D eigenvalue weighted by Crippen LogP contribution is -2.49. The summed E-state index contributed by atoms with van der Waals surface area (Å²) in [6, 6.07) is 20.1. The predicted molar refractivity (Wildman–Crippen MR) is 136 cm³/mol. The van der Waals surface area contributed by atoms with E-state index in [9.17, 15) is 9.59 Å². The number of nitrogens with zero attached hydrogens (tertiary/aromatic N) is 2. The van der Waals surface area contributed by atoms with E-state index in [0.29, 0.717) is 35.4 Å². The molecule has 4 rings (SSSR count). The van der Waals surface area contributed by atoms with Crippen LogP contribution in [0.25, 0.3) is 0 Å². The first-order valence-electron chi connectivity index (χ1n) is 11.0. The van der Waals surface area contributed by atoms with Gasteiger partial charge in [0.15, 0.2) is 0 Å². The predicted octanol–water partition coefficient (Wildman–Crippen LogP) is 6.02. The van der Waals surface area contributed by atoms with Crippen LogP contribution in [0.4, 0.5) is 16.2 Å². The number of hydrogen-bond donors (Lipinski definition) is 1. The first-order valence-corrected chi connectivity index (χ1v) is 11.7. The Hall–Kier alpha value is -3.22. The maximum Gasteiger partial charge on any atom is 0.324 e. The second kappa shape index (κ2) is 10.8. The molecule has 1 saturated heterocycles. The fourth-order valence-electron chi connectivity index (χ4n) is 3.91. The van der Waals surface area contributed by atoms with Crippen LogP contribution in [0, 0.1) is 0 Å². The van der Waals surface area contributed by atoms with Crippen molar-refractivity contribution in [2.24, 2.45) is 0 Å². The molecule has 1 aliphatic rings. The van der Waals surface area contributed by atoms with Crippen LogP contribution in [0.1, 0.15) is 17.5 Å². The SMILES string of the molecule is COc1ccc(CC(=O)Nc2cccc(N3CCCN(Cc4ccc(Cl)c(Cl)c4)C3=O)c2)cc1. The summed E-state index contributed by atoms with van der Waals surface area (Å²) >= 11 is 12.1. The maximum atomic E-state index is 13.2. The summed E-state index contributed by atoms with van der Waals surface area (Å²) in [6.07, 6.45) is 1.08. The number of hydrogen-bond acceptors (Lipinski definition) is 3. The number of benzene rings is 3. The maximum absolute atomic E-state index is 13.2. The lowest BCUT2D eigenvalue weighted by Gasteiger charge is -2.36. The molecule has 3 amide bonds. The van der Waals surface area contributed by atoms with Crippen molar-refractivity contribution < 1.29 is 14.3 Å². The van der Waals surface area contributed by atoms with Gasteiger partial charge in [-0.2, -0.15) is 0 Å². The molecule has 34 heavy (non-hydrogen) atoms. The zero-order valence-electron chi connectivity index (χ0n) is 18.8. The Morgan fingerprint density at radius 2 is 1.74 bits per heavy atom. The quantitative estimate of drug-likeness (QED) is 0.434. The van der Waals surface area contributed by atoms with E-state index in [-0.39, 0.29) is 18.4 Å². The van der Waals surface area contributed by atoms with Gasteiger partial charge in [-0.15, -0.1) is 0 Å². The number of carbonyl (C=O) groups excluding carboxylic acids is 2. The van der Waals surface area contributed by atoms with Gasteiger partial charge >= 0.3 is 6.03 Å². The third-order valence-electron chi connectivity index (χ3n) is 5.63. The van der Waals surface area contributed by atoms with Crippen molar-refractivity contribution in [3.8, 4) is 5.75 Å². The van der Waals surface area contributed by atoms with E-state index >= 15 is 0 Å². The number of ether oxygens (including phenoxy) is 1.